The highest BCUT2D eigenvalue weighted by Crippen LogP contribution is 2.35. The van der Waals surface area contributed by atoms with Crippen LogP contribution in [0.15, 0.2) is 170 Å². The molecule has 8 rings (SSSR count). The number of aromatic nitrogens is 4. The van der Waals surface area contributed by atoms with Crippen molar-refractivity contribution in [1.82, 2.24) is 19.9 Å². The molecule has 5 aromatic carbocycles. The van der Waals surface area contributed by atoms with Crippen molar-refractivity contribution in [3.63, 3.8) is 0 Å². The molecule has 0 aliphatic rings. The molecular weight excluding hydrogens is 560 g/mol. The van der Waals surface area contributed by atoms with Crippen LogP contribution in [0.2, 0.25) is 0 Å². The van der Waals surface area contributed by atoms with E-state index in [2.05, 4.69) is 114 Å². The van der Waals surface area contributed by atoms with E-state index in [4.69, 9.17) is 15.0 Å². The van der Waals surface area contributed by atoms with Gasteiger partial charge in [0.1, 0.15) is 0 Å². The van der Waals surface area contributed by atoms with Crippen molar-refractivity contribution in [2.75, 3.05) is 0 Å². The Bertz CT molecular complexity index is 2230. The first-order valence-electron chi connectivity index (χ1n) is 15.3. The van der Waals surface area contributed by atoms with E-state index < -0.39 is 0 Å². The third-order valence-corrected chi connectivity index (χ3v) is 8.14. The van der Waals surface area contributed by atoms with Gasteiger partial charge >= 0.3 is 0 Å². The lowest BCUT2D eigenvalue weighted by Gasteiger charge is -2.14. The van der Waals surface area contributed by atoms with Gasteiger partial charge in [-0.3, -0.25) is 9.97 Å². The molecule has 0 saturated carbocycles. The third kappa shape index (κ3) is 5.56. The smallest absolute Gasteiger partial charge is 0.0894 e. The van der Waals surface area contributed by atoms with Gasteiger partial charge in [0.2, 0.25) is 0 Å². The van der Waals surface area contributed by atoms with Crippen LogP contribution >= 0.6 is 0 Å². The SMILES string of the molecule is c1ccc(-c2cc(-c3cc(-c4ccccc4)cc(-c4ccccc4)n3)cc(-c3cnc4cc(-c5ccccn5)ccc4n3)c2)cc1. The van der Waals surface area contributed by atoms with Crippen molar-refractivity contribution in [3.8, 4) is 67.3 Å². The predicted molar refractivity (Wildman–Crippen MR) is 188 cm³/mol. The second-order valence-corrected chi connectivity index (χ2v) is 11.2. The minimum absolute atomic E-state index is 0.805. The minimum atomic E-state index is 0.805. The summed E-state index contributed by atoms with van der Waals surface area (Å²) in [6.45, 7) is 0. The summed E-state index contributed by atoms with van der Waals surface area (Å²) in [5.41, 5.74) is 13.8. The number of rotatable bonds is 6. The van der Waals surface area contributed by atoms with Crippen LogP contribution in [-0.4, -0.2) is 19.9 Å². The number of hydrogen-bond acceptors (Lipinski definition) is 4. The molecule has 3 heterocycles. The van der Waals surface area contributed by atoms with Gasteiger partial charge in [-0.2, -0.15) is 0 Å². The van der Waals surface area contributed by atoms with Crippen molar-refractivity contribution < 1.29 is 0 Å². The van der Waals surface area contributed by atoms with Crippen LogP contribution < -0.4 is 0 Å². The van der Waals surface area contributed by atoms with Crippen LogP contribution in [0, 0.1) is 0 Å². The van der Waals surface area contributed by atoms with Gasteiger partial charge in [0, 0.05) is 28.5 Å². The molecule has 216 valence electrons. The number of nitrogens with zero attached hydrogens (tertiary/aromatic N) is 4. The zero-order valence-corrected chi connectivity index (χ0v) is 25.0. The van der Waals surface area contributed by atoms with E-state index in [0.29, 0.717) is 0 Å². The van der Waals surface area contributed by atoms with Gasteiger partial charge in [-0.1, -0.05) is 103 Å². The van der Waals surface area contributed by atoms with Gasteiger partial charge in [0.05, 0.1) is 40.0 Å². The molecule has 46 heavy (non-hydrogen) atoms. The Morgan fingerprint density at radius 2 is 0.848 bits per heavy atom. The van der Waals surface area contributed by atoms with Gasteiger partial charge in [-0.05, 0) is 76.9 Å². The molecule has 4 nitrogen and oxygen atoms in total. The van der Waals surface area contributed by atoms with Crippen LogP contribution in [0.5, 0.6) is 0 Å². The van der Waals surface area contributed by atoms with Gasteiger partial charge in [-0.15, -0.1) is 0 Å². The van der Waals surface area contributed by atoms with E-state index in [0.717, 1.165) is 78.3 Å². The molecule has 0 aliphatic carbocycles. The molecule has 0 unspecified atom stereocenters. The van der Waals surface area contributed by atoms with Crippen LogP contribution in [0.4, 0.5) is 0 Å². The summed E-state index contributed by atoms with van der Waals surface area (Å²) in [6, 6.07) is 54.3. The summed E-state index contributed by atoms with van der Waals surface area (Å²) in [6.07, 6.45) is 3.67. The standard InChI is InChI=1S/C42H28N4/c1-4-12-29(13-5-1)33-22-35(40-27-34(30-14-6-2-7-15-30)26-39(46-40)31-16-8-3-9-17-31)24-36(23-33)42-28-44-41-25-32(19-20-38(41)45-42)37-18-10-11-21-43-37/h1-28H. The fourth-order valence-electron chi connectivity index (χ4n) is 5.80. The average Bonchev–Trinajstić information content (AvgIpc) is 3.15. The molecule has 3 aromatic heterocycles. The molecule has 4 heteroatoms. The first-order valence-corrected chi connectivity index (χ1v) is 15.3. The molecule has 0 bridgehead atoms. The molecule has 8 aromatic rings. The van der Waals surface area contributed by atoms with E-state index in [9.17, 15) is 0 Å². The van der Waals surface area contributed by atoms with E-state index in [1.165, 1.54) is 0 Å². The highest BCUT2D eigenvalue weighted by molar-refractivity contribution is 5.85. The lowest BCUT2D eigenvalue weighted by molar-refractivity contribution is 1.28. The summed E-state index contributed by atoms with van der Waals surface area (Å²) in [7, 11) is 0. The summed E-state index contributed by atoms with van der Waals surface area (Å²) in [4.78, 5) is 19.6. The zero-order valence-electron chi connectivity index (χ0n) is 25.0. The Hall–Kier alpha value is -6.26. The number of fused-ring (bicyclic) bond motifs is 1. The summed E-state index contributed by atoms with van der Waals surface area (Å²) in [5.74, 6) is 0. The zero-order chi connectivity index (χ0) is 30.7. The van der Waals surface area contributed by atoms with Gasteiger partial charge in [-0.25, -0.2) is 9.97 Å². The Kier molecular flexibility index (Phi) is 7.14. The average molecular weight is 589 g/mol. The number of hydrogen-bond donors (Lipinski definition) is 0. The first kappa shape index (κ1) is 27.3. The maximum absolute atomic E-state index is 5.22. The molecule has 0 fully saturated rings. The first-order chi connectivity index (χ1) is 22.8. The van der Waals surface area contributed by atoms with Crippen molar-refractivity contribution in [2.45, 2.75) is 0 Å². The topological polar surface area (TPSA) is 51.6 Å². The number of benzene rings is 5. The van der Waals surface area contributed by atoms with E-state index >= 15 is 0 Å². The van der Waals surface area contributed by atoms with E-state index in [1.54, 1.807) is 6.20 Å². The van der Waals surface area contributed by atoms with Crippen LogP contribution in [-0.2, 0) is 0 Å². The van der Waals surface area contributed by atoms with Crippen LogP contribution in [0.1, 0.15) is 0 Å². The fraction of sp³-hybridized carbons (Fsp3) is 0. The maximum Gasteiger partial charge on any atom is 0.0894 e. The molecule has 0 aliphatic heterocycles. The monoisotopic (exact) mass is 588 g/mol. The highest BCUT2D eigenvalue weighted by Gasteiger charge is 2.14. The van der Waals surface area contributed by atoms with Gasteiger partial charge < -0.3 is 0 Å². The molecule has 0 amide bonds. The molecule has 0 saturated heterocycles. The quantitative estimate of drug-likeness (QED) is 0.194. The maximum atomic E-state index is 5.22. The lowest BCUT2D eigenvalue weighted by Crippen LogP contribution is -1.94. The number of pyridine rings is 2. The molecule has 0 spiro atoms. The minimum Gasteiger partial charge on any atom is -0.256 e. The predicted octanol–water partition coefficient (Wildman–Crippen LogP) is 10.4. The van der Waals surface area contributed by atoms with E-state index in [1.807, 2.05) is 54.7 Å². The van der Waals surface area contributed by atoms with Crippen LogP contribution in [0.25, 0.3) is 78.3 Å². The molecule has 0 atom stereocenters. The molecule has 0 radical (unpaired) electrons. The van der Waals surface area contributed by atoms with Crippen molar-refractivity contribution in [2.24, 2.45) is 0 Å². The Labute approximate surface area is 267 Å². The molecular formula is C42H28N4. The Morgan fingerprint density at radius 3 is 1.50 bits per heavy atom. The third-order valence-electron chi connectivity index (χ3n) is 8.14. The largest absolute Gasteiger partial charge is 0.256 e. The summed E-state index contributed by atoms with van der Waals surface area (Å²) < 4.78 is 0. The van der Waals surface area contributed by atoms with Crippen molar-refractivity contribution >= 4 is 11.0 Å². The van der Waals surface area contributed by atoms with Gasteiger partial charge in [0.15, 0.2) is 0 Å². The van der Waals surface area contributed by atoms with Crippen molar-refractivity contribution in [3.05, 3.63) is 170 Å². The van der Waals surface area contributed by atoms with E-state index in [-0.39, 0.29) is 0 Å². The van der Waals surface area contributed by atoms with Gasteiger partial charge in [0.25, 0.3) is 0 Å². The second-order valence-electron chi connectivity index (χ2n) is 11.2. The Morgan fingerprint density at radius 1 is 0.283 bits per heavy atom. The molecule has 0 N–H and O–H groups in total. The Balaban J connectivity index is 1.29. The second kappa shape index (κ2) is 12.0. The normalized spacial score (nSPS) is 11.0. The lowest BCUT2D eigenvalue weighted by atomic mass is 9.95. The summed E-state index contributed by atoms with van der Waals surface area (Å²) in [5, 5.41) is 0. The highest BCUT2D eigenvalue weighted by atomic mass is 14.8. The summed E-state index contributed by atoms with van der Waals surface area (Å²) >= 11 is 0. The van der Waals surface area contributed by atoms with Crippen molar-refractivity contribution in [1.29, 1.82) is 0 Å². The fourth-order valence-corrected chi connectivity index (χ4v) is 5.80. The van der Waals surface area contributed by atoms with Crippen LogP contribution in [0.3, 0.4) is 0 Å².